The fraction of sp³-hybridized carbons (Fsp3) is 0.350. The molecule has 2 heterocycles. The van der Waals surface area contributed by atoms with Gasteiger partial charge in [-0.15, -0.1) is 0 Å². The van der Waals surface area contributed by atoms with Crippen molar-refractivity contribution in [3.05, 3.63) is 71.9 Å². The number of hydrogen-bond donors (Lipinski definition) is 1. The first-order chi connectivity index (χ1) is 11.7. The van der Waals surface area contributed by atoms with Crippen molar-refractivity contribution in [2.45, 2.75) is 38.8 Å². The summed E-state index contributed by atoms with van der Waals surface area (Å²) in [5.41, 5.74) is 2.33. The number of benzene rings is 1. The molecule has 0 bridgehead atoms. The number of rotatable bonds is 6. The fourth-order valence-corrected chi connectivity index (χ4v) is 3.12. The Balaban J connectivity index is 1.35. The minimum atomic E-state index is 0.269. The Kier molecular flexibility index (Phi) is 3.98. The number of aromatic nitrogens is 2. The van der Waals surface area contributed by atoms with Gasteiger partial charge in [0, 0.05) is 24.4 Å². The van der Waals surface area contributed by atoms with Crippen LogP contribution in [0.2, 0.25) is 0 Å². The molecule has 1 aromatic carbocycles. The third-order valence-corrected chi connectivity index (χ3v) is 4.90. The normalized spacial score (nSPS) is 20.9. The van der Waals surface area contributed by atoms with Gasteiger partial charge >= 0.3 is 0 Å². The maximum Gasteiger partial charge on any atom is 0.117 e. The van der Waals surface area contributed by atoms with E-state index in [1.165, 1.54) is 12.0 Å². The van der Waals surface area contributed by atoms with Crippen molar-refractivity contribution in [1.82, 2.24) is 15.1 Å². The van der Waals surface area contributed by atoms with Crippen molar-refractivity contribution in [3.8, 4) is 5.69 Å². The Morgan fingerprint density at radius 1 is 1.25 bits per heavy atom. The van der Waals surface area contributed by atoms with Gasteiger partial charge in [-0.25, -0.2) is 4.68 Å². The van der Waals surface area contributed by atoms with E-state index >= 15 is 0 Å². The Morgan fingerprint density at radius 3 is 2.71 bits per heavy atom. The summed E-state index contributed by atoms with van der Waals surface area (Å²) in [6.45, 7) is 5.21. The van der Waals surface area contributed by atoms with Crippen molar-refractivity contribution in [2.75, 3.05) is 0 Å². The second-order valence-corrected chi connectivity index (χ2v) is 6.77. The Labute approximate surface area is 142 Å². The van der Waals surface area contributed by atoms with Crippen LogP contribution in [-0.4, -0.2) is 9.78 Å². The van der Waals surface area contributed by atoms with Crippen LogP contribution in [0.25, 0.3) is 5.69 Å². The highest BCUT2D eigenvalue weighted by molar-refractivity contribution is 5.34. The molecule has 2 aromatic heterocycles. The molecule has 124 valence electrons. The van der Waals surface area contributed by atoms with Crippen LogP contribution in [-0.2, 0) is 6.54 Å². The van der Waals surface area contributed by atoms with Crippen molar-refractivity contribution < 1.29 is 4.42 Å². The average Bonchev–Trinajstić information content (AvgIpc) is 3.04. The first-order valence-corrected chi connectivity index (χ1v) is 8.62. The van der Waals surface area contributed by atoms with Gasteiger partial charge < -0.3 is 9.73 Å². The summed E-state index contributed by atoms with van der Waals surface area (Å²) in [5.74, 6) is 3.59. The summed E-state index contributed by atoms with van der Waals surface area (Å²) in [6.07, 6.45) is 5.00. The van der Waals surface area contributed by atoms with Crippen LogP contribution in [0, 0.1) is 5.92 Å². The van der Waals surface area contributed by atoms with Gasteiger partial charge in [-0.1, -0.05) is 19.1 Å². The second-order valence-electron chi connectivity index (χ2n) is 6.77. The summed E-state index contributed by atoms with van der Waals surface area (Å²) >= 11 is 0. The van der Waals surface area contributed by atoms with Crippen molar-refractivity contribution >= 4 is 0 Å². The third kappa shape index (κ3) is 3.15. The van der Waals surface area contributed by atoms with Gasteiger partial charge in [-0.05, 0) is 55.2 Å². The van der Waals surface area contributed by atoms with Gasteiger partial charge in [0.2, 0.25) is 0 Å². The molecule has 1 N–H and O–H groups in total. The minimum Gasteiger partial charge on any atom is -0.464 e. The molecule has 4 rings (SSSR count). The van der Waals surface area contributed by atoms with E-state index in [0.29, 0.717) is 5.92 Å². The molecule has 1 aliphatic rings. The van der Waals surface area contributed by atoms with Crippen LogP contribution < -0.4 is 5.32 Å². The molecule has 4 nitrogen and oxygen atoms in total. The van der Waals surface area contributed by atoms with E-state index in [1.54, 1.807) is 6.20 Å². The monoisotopic (exact) mass is 321 g/mol. The zero-order valence-electron chi connectivity index (χ0n) is 14.1. The van der Waals surface area contributed by atoms with Crippen LogP contribution >= 0.6 is 0 Å². The summed E-state index contributed by atoms with van der Waals surface area (Å²) in [6, 6.07) is 14.9. The summed E-state index contributed by atoms with van der Waals surface area (Å²) in [5, 5.41) is 7.79. The lowest BCUT2D eigenvalue weighted by molar-refractivity contribution is 0.430. The van der Waals surface area contributed by atoms with Crippen LogP contribution in [0.4, 0.5) is 0 Å². The SMILES string of the molecule is CC(NCc1ccc(C2CC2C)o1)c1ccc(-n2cccn2)cc1. The highest BCUT2D eigenvalue weighted by Crippen LogP contribution is 2.47. The van der Waals surface area contributed by atoms with E-state index in [4.69, 9.17) is 4.42 Å². The Bertz CT molecular complexity index is 789. The van der Waals surface area contributed by atoms with E-state index in [0.717, 1.165) is 29.7 Å². The molecule has 1 fully saturated rings. The zero-order chi connectivity index (χ0) is 16.5. The molecule has 3 aromatic rings. The predicted octanol–water partition coefficient (Wildman–Crippen LogP) is 4.44. The van der Waals surface area contributed by atoms with E-state index in [2.05, 4.69) is 60.7 Å². The van der Waals surface area contributed by atoms with Crippen LogP contribution in [0.3, 0.4) is 0 Å². The maximum atomic E-state index is 5.96. The van der Waals surface area contributed by atoms with Gasteiger partial charge in [0.25, 0.3) is 0 Å². The predicted molar refractivity (Wildman–Crippen MR) is 94.0 cm³/mol. The number of nitrogens with one attached hydrogen (secondary N) is 1. The smallest absolute Gasteiger partial charge is 0.117 e. The van der Waals surface area contributed by atoms with Crippen LogP contribution in [0.5, 0.6) is 0 Å². The highest BCUT2D eigenvalue weighted by atomic mass is 16.3. The van der Waals surface area contributed by atoms with E-state index in [-0.39, 0.29) is 6.04 Å². The van der Waals surface area contributed by atoms with Gasteiger partial charge in [-0.3, -0.25) is 0 Å². The number of nitrogens with zero attached hydrogens (tertiary/aromatic N) is 2. The lowest BCUT2D eigenvalue weighted by Gasteiger charge is -2.14. The third-order valence-electron chi connectivity index (χ3n) is 4.90. The molecule has 1 aliphatic carbocycles. The molecule has 3 unspecified atom stereocenters. The van der Waals surface area contributed by atoms with Gasteiger partial charge in [0.1, 0.15) is 11.5 Å². The topological polar surface area (TPSA) is 43.0 Å². The Morgan fingerprint density at radius 2 is 2.04 bits per heavy atom. The minimum absolute atomic E-state index is 0.269. The van der Waals surface area contributed by atoms with Crippen LogP contribution in [0.15, 0.2) is 59.3 Å². The second kappa shape index (κ2) is 6.29. The van der Waals surface area contributed by atoms with Crippen molar-refractivity contribution in [1.29, 1.82) is 0 Å². The standard InChI is InChI=1S/C20H23N3O/c1-14-12-19(14)20-9-8-18(24-20)13-21-15(2)16-4-6-17(7-5-16)23-11-3-10-22-23/h3-11,14-15,19,21H,12-13H2,1-2H3. The Hall–Kier alpha value is -2.33. The molecule has 0 amide bonds. The number of hydrogen-bond acceptors (Lipinski definition) is 3. The summed E-state index contributed by atoms with van der Waals surface area (Å²) in [4.78, 5) is 0. The molecule has 0 saturated heterocycles. The molecule has 0 aliphatic heterocycles. The summed E-state index contributed by atoms with van der Waals surface area (Å²) < 4.78 is 7.82. The lowest BCUT2D eigenvalue weighted by Crippen LogP contribution is -2.17. The molecule has 24 heavy (non-hydrogen) atoms. The lowest BCUT2D eigenvalue weighted by atomic mass is 10.1. The van der Waals surface area contributed by atoms with E-state index in [9.17, 15) is 0 Å². The zero-order valence-corrected chi connectivity index (χ0v) is 14.1. The number of furan rings is 1. The van der Waals surface area contributed by atoms with Gasteiger partial charge in [0.15, 0.2) is 0 Å². The first kappa shape index (κ1) is 15.2. The molecule has 0 spiro atoms. The maximum absolute atomic E-state index is 5.96. The quantitative estimate of drug-likeness (QED) is 0.730. The largest absolute Gasteiger partial charge is 0.464 e. The average molecular weight is 321 g/mol. The van der Waals surface area contributed by atoms with Crippen molar-refractivity contribution in [3.63, 3.8) is 0 Å². The fourth-order valence-electron chi connectivity index (χ4n) is 3.12. The van der Waals surface area contributed by atoms with Gasteiger partial charge in [0.05, 0.1) is 12.2 Å². The molecular formula is C20H23N3O. The molecule has 3 atom stereocenters. The molecule has 0 radical (unpaired) electrons. The first-order valence-electron chi connectivity index (χ1n) is 8.62. The van der Waals surface area contributed by atoms with Gasteiger partial charge in [-0.2, -0.15) is 5.10 Å². The van der Waals surface area contributed by atoms with E-state index in [1.807, 2.05) is 16.9 Å². The van der Waals surface area contributed by atoms with Crippen molar-refractivity contribution in [2.24, 2.45) is 5.92 Å². The summed E-state index contributed by atoms with van der Waals surface area (Å²) in [7, 11) is 0. The van der Waals surface area contributed by atoms with Crippen LogP contribution in [0.1, 0.15) is 49.3 Å². The molecule has 1 saturated carbocycles. The highest BCUT2D eigenvalue weighted by Gasteiger charge is 2.36. The molecule has 4 heteroatoms. The van der Waals surface area contributed by atoms with E-state index < -0.39 is 0 Å². The molecular weight excluding hydrogens is 298 g/mol.